The Kier molecular flexibility index (Phi) is 4.00. The predicted molar refractivity (Wildman–Crippen MR) is 69.6 cm³/mol. The zero-order chi connectivity index (χ0) is 11.0. The number of rotatable bonds is 2. The van der Waals surface area contributed by atoms with E-state index in [4.69, 9.17) is 27.9 Å². The first-order valence-corrected chi connectivity index (χ1v) is 7.31. The Bertz CT molecular complexity index is 355. The van der Waals surface area contributed by atoms with Crippen LogP contribution in [0.4, 0.5) is 0 Å². The van der Waals surface area contributed by atoms with E-state index in [1.165, 1.54) is 11.3 Å². The Morgan fingerprint density at radius 3 is 2.73 bits per heavy atom. The third-order valence-electron chi connectivity index (χ3n) is 2.57. The molecule has 2 rings (SSSR count). The maximum Gasteiger partial charge on any atom is 0.0988 e. The lowest BCUT2D eigenvalue weighted by Gasteiger charge is -2.17. The third kappa shape index (κ3) is 2.70. The Morgan fingerprint density at radius 1 is 1.53 bits per heavy atom. The van der Waals surface area contributed by atoms with Crippen LogP contribution in [0.1, 0.15) is 30.2 Å². The molecule has 0 aliphatic carbocycles. The molecule has 1 aromatic rings. The Balaban J connectivity index is 2.13. The molecule has 1 aromatic heterocycles. The van der Waals surface area contributed by atoms with Crippen LogP contribution in [0.25, 0.3) is 0 Å². The van der Waals surface area contributed by atoms with E-state index in [-0.39, 0.29) is 10.9 Å². The molecule has 5 heteroatoms. The van der Waals surface area contributed by atoms with Gasteiger partial charge in [-0.1, -0.05) is 39.1 Å². The van der Waals surface area contributed by atoms with Gasteiger partial charge >= 0.3 is 0 Å². The minimum Gasteiger partial charge on any atom is -0.374 e. The van der Waals surface area contributed by atoms with Crippen molar-refractivity contribution in [2.75, 3.05) is 0 Å². The molecular weight excluding hydrogens is 319 g/mol. The van der Waals surface area contributed by atoms with Gasteiger partial charge in [0.05, 0.1) is 25.7 Å². The molecule has 0 aromatic carbocycles. The summed E-state index contributed by atoms with van der Waals surface area (Å²) in [5.41, 5.74) is 1.05. The number of hydrogen-bond donors (Lipinski definition) is 0. The van der Waals surface area contributed by atoms with Crippen molar-refractivity contribution in [1.29, 1.82) is 0 Å². The predicted octanol–water partition coefficient (Wildman–Crippen LogP) is 5.06. The molecule has 0 N–H and O–H groups in total. The van der Waals surface area contributed by atoms with Gasteiger partial charge in [0.25, 0.3) is 0 Å². The van der Waals surface area contributed by atoms with Crippen LogP contribution < -0.4 is 0 Å². The maximum atomic E-state index is 6.10. The zero-order valence-corrected chi connectivity index (χ0v) is 12.1. The minimum absolute atomic E-state index is 0.152. The van der Waals surface area contributed by atoms with Crippen LogP contribution in [-0.2, 0) is 4.74 Å². The molecule has 0 radical (unpaired) electrons. The summed E-state index contributed by atoms with van der Waals surface area (Å²) in [6.07, 6.45) is 2.74. The van der Waals surface area contributed by atoms with Gasteiger partial charge in [-0.05, 0) is 31.4 Å². The number of hydrogen-bond acceptors (Lipinski definition) is 2. The van der Waals surface area contributed by atoms with Crippen LogP contribution in [0, 0.1) is 0 Å². The second-order valence-electron chi connectivity index (χ2n) is 3.74. The summed E-state index contributed by atoms with van der Waals surface area (Å²) in [7, 11) is 0. The molecule has 0 saturated carbocycles. The van der Waals surface area contributed by atoms with E-state index in [0.29, 0.717) is 6.10 Å². The normalized spacial score (nSPS) is 28.3. The van der Waals surface area contributed by atoms with Crippen LogP contribution in [0.3, 0.4) is 0 Å². The van der Waals surface area contributed by atoms with Gasteiger partial charge in [-0.15, -0.1) is 11.3 Å². The lowest BCUT2D eigenvalue weighted by Crippen LogP contribution is -2.14. The summed E-state index contributed by atoms with van der Waals surface area (Å²) in [6, 6.07) is 1.92. The van der Waals surface area contributed by atoms with Crippen LogP contribution in [0.15, 0.2) is 6.07 Å². The summed E-state index contributed by atoms with van der Waals surface area (Å²) < 4.78 is 7.28. The number of alkyl halides is 1. The molecule has 1 aliphatic heterocycles. The van der Waals surface area contributed by atoms with Gasteiger partial charge in [-0.3, -0.25) is 0 Å². The molecule has 1 saturated heterocycles. The zero-order valence-electron chi connectivity index (χ0n) is 8.17. The fraction of sp³-hybridized carbons (Fsp3) is 0.600. The second kappa shape index (κ2) is 4.92. The highest BCUT2D eigenvalue weighted by atomic mass is 79.9. The number of ether oxygens (including phenoxy) is 1. The smallest absolute Gasteiger partial charge is 0.0988 e. The summed E-state index contributed by atoms with van der Waals surface area (Å²) in [6.45, 7) is 2.10. The number of thiophene rings is 1. The molecule has 3 atom stereocenters. The first-order chi connectivity index (χ1) is 7.08. The minimum atomic E-state index is 0.152. The SMILES string of the molecule is CC1CCC(C(Br)c2cc(Cl)sc2Cl)O1. The standard InChI is InChI=1S/C10H11BrCl2OS/c1-5-2-3-7(14-5)9(11)6-4-8(12)15-10(6)13/h4-5,7,9H,2-3H2,1H3. The Morgan fingerprint density at radius 2 is 2.27 bits per heavy atom. The van der Waals surface area contributed by atoms with Crippen molar-refractivity contribution in [2.45, 2.75) is 36.8 Å². The summed E-state index contributed by atoms with van der Waals surface area (Å²) in [4.78, 5) is 0.152. The van der Waals surface area contributed by atoms with Crippen LogP contribution in [-0.4, -0.2) is 12.2 Å². The molecule has 1 fully saturated rings. The fourth-order valence-electron chi connectivity index (χ4n) is 1.79. The van der Waals surface area contributed by atoms with Crippen molar-refractivity contribution in [3.8, 4) is 0 Å². The highest BCUT2D eigenvalue weighted by Crippen LogP contribution is 2.43. The van der Waals surface area contributed by atoms with Crippen LogP contribution in [0.2, 0.25) is 8.67 Å². The van der Waals surface area contributed by atoms with Gasteiger partial charge in [0.15, 0.2) is 0 Å². The molecule has 1 aliphatic rings. The molecule has 0 spiro atoms. The monoisotopic (exact) mass is 328 g/mol. The largest absolute Gasteiger partial charge is 0.374 e. The Hall–Kier alpha value is 0.720. The van der Waals surface area contributed by atoms with Gasteiger partial charge in [0, 0.05) is 0 Å². The quantitative estimate of drug-likeness (QED) is 0.689. The van der Waals surface area contributed by atoms with E-state index >= 15 is 0 Å². The van der Waals surface area contributed by atoms with E-state index in [2.05, 4.69) is 22.9 Å². The van der Waals surface area contributed by atoms with Crippen molar-refractivity contribution >= 4 is 50.5 Å². The van der Waals surface area contributed by atoms with Crippen LogP contribution >= 0.6 is 50.5 Å². The molecule has 84 valence electrons. The summed E-state index contributed by atoms with van der Waals surface area (Å²) >= 11 is 17.1. The second-order valence-corrected chi connectivity index (χ2v) is 7.02. The highest BCUT2D eigenvalue weighted by molar-refractivity contribution is 9.09. The first kappa shape index (κ1) is 12.2. The number of halogens is 3. The molecule has 15 heavy (non-hydrogen) atoms. The van der Waals surface area contributed by atoms with E-state index in [0.717, 1.165) is 27.1 Å². The third-order valence-corrected chi connectivity index (χ3v) is 5.17. The maximum absolute atomic E-state index is 6.10. The van der Waals surface area contributed by atoms with E-state index in [1.807, 2.05) is 6.07 Å². The van der Waals surface area contributed by atoms with Gasteiger partial charge < -0.3 is 4.74 Å². The van der Waals surface area contributed by atoms with Crippen molar-refractivity contribution in [2.24, 2.45) is 0 Å². The van der Waals surface area contributed by atoms with E-state index in [1.54, 1.807) is 0 Å². The molecule has 3 unspecified atom stereocenters. The molecule has 0 bridgehead atoms. The molecule has 2 heterocycles. The van der Waals surface area contributed by atoms with Crippen LogP contribution in [0.5, 0.6) is 0 Å². The van der Waals surface area contributed by atoms with Crippen molar-refractivity contribution in [3.63, 3.8) is 0 Å². The van der Waals surface area contributed by atoms with Crippen molar-refractivity contribution in [1.82, 2.24) is 0 Å². The Labute approximate surface area is 112 Å². The molecular formula is C10H11BrCl2OS. The topological polar surface area (TPSA) is 9.23 Å². The highest BCUT2D eigenvalue weighted by Gasteiger charge is 2.30. The average Bonchev–Trinajstić information content (AvgIpc) is 2.71. The van der Waals surface area contributed by atoms with Gasteiger partial charge in [-0.25, -0.2) is 0 Å². The van der Waals surface area contributed by atoms with Crippen molar-refractivity contribution < 1.29 is 4.74 Å². The van der Waals surface area contributed by atoms with Gasteiger partial charge in [0.2, 0.25) is 0 Å². The van der Waals surface area contributed by atoms with E-state index < -0.39 is 0 Å². The average molecular weight is 330 g/mol. The lowest BCUT2D eigenvalue weighted by molar-refractivity contribution is 0.0557. The van der Waals surface area contributed by atoms with E-state index in [9.17, 15) is 0 Å². The first-order valence-electron chi connectivity index (χ1n) is 4.82. The summed E-state index contributed by atoms with van der Waals surface area (Å²) in [5.74, 6) is 0. The van der Waals surface area contributed by atoms with Crippen molar-refractivity contribution in [3.05, 3.63) is 20.3 Å². The molecule has 1 nitrogen and oxygen atoms in total. The lowest BCUT2D eigenvalue weighted by atomic mass is 10.1. The van der Waals surface area contributed by atoms with Gasteiger partial charge in [0.1, 0.15) is 0 Å². The fourth-order valence-corrected chi connectivity index (χ4v) is 4.37. The summed E-state index contributed by atoms with van der Waals surface area (Å²) in [5, 5.41) is 0. The molecule has 0 amide bonds. The van der Waals surface area contributed by atoms with Gasteiger partial charge in [-0.2, -0.15) is 0 Å².